The highest BCUT2D eigenvalue weighted by molar-refractivity contribution is 8.09. The highest BCUT2D eigenvalue weighted by Gasteiger charge is 2.15. The molecule has 78 valence electrons. The first-order valence-corrected chi connectivity index (χ1v) is 7.10. The average molecular weight is 256 g/mol. The van der Waals surface area contributed by atoms with E-state index in [9.17, 15) is 4.57 Å². The first-order chi connectivity index (χ1) is 6.40. The van der Waals surface area contributed by atoms with Gasteiger partial charge < -0.3 is 4.74 Å². The standard InChI is InChI=1S/C6H8Cl2N3O2P/c1-4-3-5(13-2)10-6(9-4)11-14(7,8)12/h3H,1-2H3,(H,9,10,11,12). The summed E-state index contributed by atoms with van der Waals surface area (Å²) in [5.74, 6) is -3.00. The first kappa shape index (κ1) is 11.6. The second-order valence-corrected chi connectivity index (χ2v) is 6.97. The van der Waals surface area contributed by atoms with Gasteiger partial charge in [0.05, 0.1) is 7.11 Å². The maximum atomic E-state index is 11.0. The molecule has 0 atom stereocenters. The molecule has 1 aromatic heterocycles. The lowest BCUT2D eigenvalue weighted by Gasteiger charge is -2.07. The van der Waals surface area contributed by atoms with Crippen LogP contribution in [0.2, 0.25) is 0 Å². The van der Waals surface area contributed by atoms with Gasteiger partial charge >= 0.3 is 6.00 Å². The van der Waals surface area contributed by atoms with E-state index >= 15 is 0 Å². The molecule has 5 nitrogen and oxygen atoms in total. The Kier molecular flexibility index (Phi) is 3.59. The van der Waals surface area contributed by atoms with Gasteiger partial charge in [0.15, 0.2) is 0 Å². The van der Waals surface area contributed by atoms with E-state index in [1.807, 2.05) is 0 Å². The fourth-order valence-corrected chi connectivity index (χ4v) is 1.60. The summed E-state index contributed by atoms with van der Waals surface area (Å²) >= 11 is 10.6. The van der Waals surface area contributed by atoms with Crippen LogP contribution in [-0.2, 0) is 4.57 Å². The van der Waals surface area contributed by atoms with Crippen LogP contribution in [0.5, 0.6) is 5.88 Å². The monoisotopic (exact) mass is 255 g/mol. The van der Waals surface area contributed by atoms with Crippen LogP contribution in [0.1, 0.15) is 5.69 Å². The summed E-state index contributed by atoms with van der Waals surface area (Å²) in [7, 11) is 1.46. The Hall–Kier alpha value is -0.510. The molecule has 1 rings (SSSR count). The van der Waals surface area contributed by atoms with Crippen molar-refractivity contribution in [3.8, 4) is 5.88 Å². The molecule has 0 bridgehead atoms. The Morgan fingerprint density at radius 3 is 2.64 bits per heavy atom. The summed E-state index contributed by atoms with van der Waals surface area (Å²) in [6.07, 6.45) is 0. The number of aryl methyl sites for hydroxylation is 1. The molecular weight excluding hydrogens is 248 g/mol. The highest BCUT2D eigenvalue weighted by Crippen LogP contribution is 2.55. The number of rotatable bonds is 3. The fourth-order valence-electron chi connectivity index (χ4n) is 0.811. The molecule has 1 heterocycles. The minimum atomic E-state index is -3.42. The highest BCUT2D eigenvalue weighted by atomic mass is 35.9. The number of ether oxygens (including phenoxy) is 1. The SMILES string of the molecule is COc1cc(C)nc(NP(=O)(Cl)Cl)n1. The number of halogens is 2. The van der Waals surface area contributed by atoms with E-state index in [4.69, 9.17) is 27.2 Å². The van der Waals surface area contributed by atoms with Crippen molar-refractivity contribution in [3.63, 3.8) is 0 Å². The lowest BCUT2D eigenvalue weighted by atomic mass is 10.4. The number of hydrogen-bond donors (Lipinski definition) is 1. The van der Waals surface area contributed by atoms with Crippen LogP contribution in [0, 0.1) is 6.92 Å². The van der Waals surface area contributed by atoms with Gasteiger partial charge in [0.1, 0.15) is 0 Å². The zero-order valence-corrected chi connectivity index (χ0v) is 9.90. The van der Waals surface area contributed by atoms with Gasteiger partial charge in [-0.2, -0.15) is 4.98 Å². The van der Waals surface area contributed by atoms with Crippen molar-refractivity contribution in [1.82, 2.24) is 9.97 Å². The van der Waals surface area contributed by atoms with Crippen molar-refractivity contribution in [2.75, 3.05) is 12.2 Å². The molecular formula is C6H8Cl2N3O2P. The molecule has 0 aliphatic rings. The van der Waals surface area contributed by atoms with Crippen molar-refractivity contribution >= 4 is 34.4 Å². The van der Waals surface area contributed by atoms with E-state index < -0.39 is 6.00 Å². The molecule has 8 heteroatoms. The fraction of sp³-hybridized carbons (Fsp3) is 0.333. The number of hydrogen-bond acceptors (Lipinski definition) is 4. The lowest BCUT2D eigenvalue weighted by molar-refractivity contribution is 0.397. The number of nitrogens with one attached hydrogen (secondary N) is 1. The Labute approximate surface area is 90.8 Å². The second kappa shape index (κ2) is 4.34. The average Bonchev–Trinajstić information content (AvgIpc) is 1.99. The second-order valence-electron chi connectivity index (χ2n) is 2.45. The lowest BCUT2D eigenvalue weighted by Crippen LogP contribution is -1.99. The molecule has 0 aromatic carbocycles. The van der Waals surface area contributed by atoms with Crippen LogP contribution in [-0.4, -0.2) is 17.1 Å². The van der Waals surface area contributed by atoms with E-state index in [-0.39, 0.29) is 5.95 Å². The third-order valence-electron chi connectivity index (χ3n) is 1.27. The topological polar surface area (TPSA) is 64.1 Å². The van der Waals surface area contributed by atoms with Crippen molar-refractivity contribution in [1.29, 1.82) is 0 Å². The van der Waals surface area contributed by atoms with E-state index in [0.717, 1.165) is 0 Å². The summed E-state index contributed by atoms with van der Waals surface area (Å²) in [5, 5.41) is 2.28. The van der Waals surface area contributed by atoms with E-state index in [1.54, 1.807) is 13.0 Å². The molecule has 0 saturated carbocycles. The molecule has 0 unspecified atom stereocenters. The summed E-state index contributed by atoms with van der Waals surface area (Å²) in [4.78, 5) is 7.78. The van der Waals surface area contributed by atoms with Gasteiger partial charge in [0.25, 0.3) is 0 Å². The third kappa shape index (κ3) is 3.70. The number of nitrogens with zero attached hydrogens (tertiary/aromatic N) is 2. The number of methoxy groups -OCH3 is 1. The van der Waals surface area contributed by atoms with Crippen molar-refractivity contribution < 1.29 is 9.30 Å². The van der Waals surface area contributed by atoms with Gasteiger partial charge in [-0.25, -0.2) is 4.98 Å². The van der Waals surface area contributed by atoms with E-state index in [1.165, 1.54) is 7.11 Å². The van der Waals surface area contributed by atoms with E-state index in [2.05, 4.69) is 15.1 Å². The molecule has 14 heavy (non-hydrogen) atoms. The molecule has 1 N–H and O–H groups in total. The Bertz CT molecular complexity index is 381. The van der Waals surface area contributed by atoms with Crippen LogP contribution in [0.3, 0.4) is 0 Å². The summed E-state index contributed by atoms with van der Waals surface area (Å²) < 4.78 is 15.9. The van der Waals surface area contributed by atoms with Gasteiger partial charge in [-0.05, 0) is 29.4 Å². The molecule has 0 amide bonds. The van der Waals surface area contributed by atoms with Crippen LogP contribution in [0.15, 0.2) is 6.07 Å². The molecule has 0 aliphatic heterocycles. The summed E-state index contributed by atoms with van der Waals surface area (Å²) in [5.41, 5.74) is 0.654. The molecule has 0 spiro atoms. The molecule has 0 fully saturated rings. The minimum absolute atomic E-state index is 0.0789. The first-order valence-electron chi connectivity index (χ1n) is 3.58. The molecule has 0 saturated heterocycles. The van der Waals surface area contributed by atoms with Gasteiger partial charge in [-0.3, -0.25) is 9.65 Å². The van der Waals surface area contributed by atoms with Crippen molar-refractivity contribution in [3.05, 3.63) is 11.8 Å². The third-order valence-corrected chi connectivity index (χ3v) is 2.24. The maximum Gasteiger partial charge on any atom is 0.345 e. The Morgan fingerprint density at radius 2 is 2.14 bits per heavy atom. The molecule has 1 aromatic rings. The zero-order chi connectivity index (χ0) is 10.8. The largest absolute Gasteiger partial charge is 0.481 e. The van der Waals surface area contributed by atoms with Crippen LogP contribution in [0.25, 0.3) is 0 Å². The summed E-state index contributed by atoms with van der Waals surface area (Å²) in [6.45, 7) is 1.74. The van der Waals surface area contributed by atoms with Gasteiger partial charge in [-0.15, -0.1) is 0 Å². The van der Waals surface area contributed by atoms with Crippen LogP contribution < -0.4 is 9.82 Å². The predicted octanol–water partition coefficient (Wildman–Crippen LogP) is 2.79. The smallest absolute Gasteiger partial charge is 0.345 e. The Balaban J connectivity index is 2.98. The van der Waals surface area contributed by atoms with Gasteiger partial charge in [-0.1, -0.05) is 0 Å². The van der Waals surface area contributed by atoms with Gasteiger partial charge in [0, 0.05) is 11.8 Å². The van der Waals surface area contributed by atoms with E-state index in [0.29, 0.717) is 11.6 Å². The quantitative estimate of drug-likeness (QED) is 0.842. The zero-order valence-electron chi connectivity index (χ0n) is 7.49. The van der Waals surface area contributed by atoms with Gasteiger partial charge in [0.2, 0.25) is 11.8 Å². The number of anilines is 1. The van der Waals surface area contributed by atoms with Crippen LogP contribution in [0.4, 0.5) is 5.95 Å². The molecule has 0 aliphatic carbocycles. The maximum absolute atomic E-state index is 11.0. The minimum Gasteiger partial charge on any atom is -0.481 e. The predicted molar refractivity (Wildman–Crippen MR) is 56.3 cm³/mol. The van der Waals surface area contributed by atoms with Crippen molar-refractivity contribution in [2.24, 2.45) is 0 Å². The molecule has 0 radical (unpaired) electrons. The Morgan fingerprint density at radius 1 is 1.50 bits per heavy atom. The number of aromatic nitrogens is 2. The normalized spacial score (nSPS) is 11.1. The van der Waals surface area contributed by atoms with Crippen molar-refractivity contribution in [2.45, 2.75) is 6.92 Å². The van der Waals surface area contributed by atoms with Crippen LogP contribution >= 0.6 is 28.5 Å². The summed E-state index contributed by atoms with van der Waals surface area (Å²) in [6, 6.07) is 1.62.